The first-order chi connectivity index (χ1) is 8.77. The summed E-state index contributed by atoms with van der Waals surface area (Å²) in [6.07, 6.45) is 0.729. The Bertz CT molecular complexity index is 645. The van der Waals surface area contributed by atoms with Gasteiger partial charge in [0.2, 0.25) is 0 Å². The maximum absolute atomic E-state index is 11.4. The Balaban J connectivity index is 2.83. The molecule has 2 aromatic rings. The summed E-state index contributed by atoms with van der Waals surface area (Å²) in [5.41, 5.74) is 3.62. The number of benzene rings is 1. The molecule has 0 spiro atoms. The highest BCUT2D eigenvalue weighted by molar-refractivity contribution is 5.98. The summed E-state index contributed by atoms with van der Waals surface area (Å²) < 4.78 is 1.78. The first-order valence-corrected chi connectivity index (χ1v) is 6.62. The number of aryl methyl sites for hydroxylation is 2. The molecular weight excluding hydrogens is 238 g/mol. The number of carboxylic acids is 1. The molecule has 0 saturated carbocycles. The first-order valence-electron chi connectivity index (χ1n) is 6.62. The monoisotopic (exact) mass is 259 g/mol. The van der Waals surface area contributed by atoms with E-state index < -0.39 is 5.97 Å². The normalized spacial score (nSPS) is 12.1. The van der Waals surface area contributed by atoms with Crippen molar-refractivity contribution in [3.05, 3.63) is 35.0 Å². The van der Waals surface area contributed by atoms with Crippen LogP contribution >= 0.6 is 0 Å². The lowest BCUT2D eigenvalue weighted by molar-refractivity contribution is 0.0686. The van der Waals surface area contributed by atoms with Crippen molar-refractivity contribution >= 4 is 16.9 Å². The Morgan fingerprint density at radius 1 is 1.32 bits per heavy atom. The second kappa shape index (κ2) is 4.41. The molecule has 0 fully saturated rings. The summed E-state index contributed by atoms with van der Waals surface area (Å²) >= 11 is 0. The fourth-order valence-electron chi connectivity index (χ4n) is 2.62. The number of carboxylic acid groups (broad SMARTS) is 1. The molecule has 1 aromatic heterocycles. The summed E-state index contributed by atoms with van der Waals surface area (Å²) in [7, 11) is 1.82. The first kappa shape index (κ1) is 13.7. The highest BCUT2D eigenvalue weighted by Gasteiger charge is 2.21. The lowest BCUT2D eigenvalue weighted by atomic mass is 9.86. The van der Waals surface area contributed by atoms with E-state index in [4.69, 9.17) is 0 Å². The van der Waals surface area contributed by atoms with Crippen LogP contribution in [0.1, 0.15) is 49.3 Å². The van der Waals surface area contributed by atoms with E-state index >= 15 is 0 Å². The fraction of sp³-hybridized carbons (Fsp3) is 0.438. The average Bonchev–Trinajstić information content (AvgIpc) is 2.60. The molecule has 0 amide bonds. The molecule has 0 aliphatic heterocycles. The predicted molar refractivity (Wildman–Crippen MR) is 78.0 cm³/mol. The average molecular weight is 259 g/mol. The zero-order chi connectivity index (χ0) is 14.4. The van der Waals surface area contributed by atoms with Gasteiger partial charge >= 0.3 is 5.97 Å². The predicted octanol–water partition coefficient (Wildman–Crippen LogP) is 3.74. The highest BCUT2D eigenvalue weighted by atomic mass is 16.4. The highest BCUT2D eigenvalue weighted by Crippen LogP contribution is 2.31. The second-order valence-electron chi connectivity index (χ2n) is 6.03. The molecule has 102 valence electrons. The number of hydrogen-bond acceptors (Lipinski definition) is 1. The SMILES string of the molecule is CCc1c(C(=O)O)n(C)c2ccc(C(C)(C)C)cc12. The molecule has 1 aromatic carbocycles. The standard InChI is InChI=1S/C16H21NO2/c1-6-11-12-9-10(16(2,3)4)7-8-13(12)17(5)14(11)15(18)19/h7-9H,6H2,1-5H3,(H,18,19). The zero-order valence-corrected chi connectivity index (χ0v) is 12.2. The number of aromatic carboxylic acids is 1. The fourth-order valence-corrected chi connectivity index (χ4v) is 2.62. The molecule has 3 heteroatoms. The van der Waals surface area contributed by atoms with Gasteiger partial charge in [-0.3, -0.25) is 0 Å². The van der Waals surface area contributed by atoms with Crippen LogP contribution in [-0.2, 0) is 18.9 Å². The molecular formula is C16H21NO2. The van der Waals surface area contributed by atoms with Crippen molar-refractivity contribution in [1.82, 2.24) is 4.57 Å². The van der Waals surface area contributed by atoms with Crippen molar-refractivity contribution in [1.29, 1.82) is 0 Å². The molecule has 0 aliphatic carbocycles. The van der Waals surface area contributed by atoms with Crippen LogP contribution in [-0.4, -0.2) is 15.6 Å². The molecule has 19 heavy (non-hydrogen) atoms. The summed E-state index contributed by atoms with van der Waals surface area (Å²) in [6, 6.07) is 6.26. The van der Waals surface area contributed by atoms with E-state index in [1.54, 1.807) is 4.57 Å². The van der Waals surface area contributed by atoms with Gasteiger partial charge in [-0.1, -0.05) is 33.8 Å². The van der Waals surface area contributed by atoms with Crippen LogP contribution in [0.4, 0.5) is 0 Å². The van der Waals surface area contributed by atoms with Crippen molar-refractivity contribution in [2.45, 2.75) is 39.5 Å². The van der Waals surface area contributed by atoms with Crippen LogP contribution in [0.2, 0.25) is 0 Å². The van der Waals surface area contributed by atoms with E-state index in [0.29, 0.717) is 5.69 Å². The van der Waals surface area contributed by atoms with Crippen molar-refractivity contribution in [2.75, 3.05) is 0 Å². The van der Waals surface area contributed by atoms with Gasteiger partial charge in [-0.05, 0) is 35.1 Å². The van der Waals surface area contributed by atoms with E-state index in [2.05, 4.69) is 32.9 Å². The van der Waals surface area contributed by atoms with Gasteiger partial charge in [0.1, 0.15) is 5.69 Å². The second-order valence-corrected chi connectivity index (χ2v) is 6.03. The molecule has 0 aliphatic rings. The maximum atomic E-state index is 11.4. The third-order valence-corrected chi connectivity index (χ3v) is 3.73. The molecule has 0 radical (unpaired) electrons. The van der Waals surface area contributed by atoms with Gasteiger partial charge in [0, 0.05) is 18.0 Å². The lowest BCUT2D eigenvalue weighted by Crippen LogP contribution is -2.10. The van der Waals surface area contributed by atoms with Crippen LogP contribution < -0.4 is 0 Å². The van der Waals surface area contributed by atoms with E-state index in [0.717, 1.165) is 22.9 Å². The van der Waals surface area contributed by atoms with Gasteiger partial charge in [-0.25, -0.2) is 4.79 Å². The van der Waals surface area contributed by atoms with Gasteiger partial charge in [-0.15, -0.1) is 0 Å². The minimum absolute atomic E-state index is 0.0679. The molecule has 3 nitrogen and oxygen atoms in total. The topological polar surface area (TPSA) is 42.2 Å². The molecule has 1 heterocycles. The van der Waals surface area contributed by atoms with Gasteiger partial charge in [0.05, 0.1) is 0 Å². The van der Waals surface area contributed by atoms with Crippen LogP contribution in [0.15, 0.2) is 18.2 Å². The minimum Gasteiger partial charge on any atom is -0.477 e. The van der Waals surface area contributed by atoms with E-state index in [1.807, 2.05) is 20.0 Å². The van der Waals surface area contributed by atoms with Crippen molar-refractivity contribution in [3.63, 3.8) is 0 Å². The third-order valence-electron chi connectivity index (χ3n) is 3.73. The molecule has 0 bridgehead atoms. The van der Waals surface area contributed by atoms with E-state index in [-0.39, 0.29) is 5.41 Å². The van der Waals surface area contributed by atoms with Crippen LogP contribution in [0.3, 0.4) is 0 Å². The number of fused-ring (bicyclic) bond motifs is 1. The third kappa shape index (κ3) is 2.14. The Kier molecular flexibility index (Phi) is 3.17. The minimum atomic E-state index is -0.854. The van der Waals surface area contributed by atoms with E-state index in [1.165, 1.54) is 5.56 Å². The summed E-state index contributed by atoms with van der Waals surface area (Å²) in [5.74, 6) is -0.854. The number of carbonyl (C=O) groups is 1. The Morgan fingerprint density at radius 3 is 2.42 bits per heavy atom. The summed E-state index contributed by atoms with van der Waals surface area (Å²) in [6.45, 7) is 8.51. The van der Waals surface area contributed by atoms with Crippen molar-refractivity contribution < 1.29 is 9.90 Å². The van der Waals surface area contributed by atoms with Gasteiger partial charge in [0.25, 0.3) is 0 Å². The van der Waals surface area contributed by atoms with Gasteiger partial charge in [0.15, 0.2) is 0 Å². The summed E-state index contributed by atoms with van der Waals surface area (Å²) in [5, 5.41) is 10.5. The number of hydrogen-bond donors (Lipinski definition) is 1. The largest absolute Gasteiger partial charge is 0.477 e. The summed E-state index contributed by atoms with van der Waals surface area (Å²) in [4.78, 5) is 11.4. The Labute approximate surface area is 113 Å². The van der Waals surface area contributed by atoms with Gasteiger partial charge < -0.3 is 9.67 Å². The number of nitrogens with zero attached hydrogens (tertiary/aromatic N) is 1. The van der Waals surface area contributed by atoms with Gasteiger partial charge in [-0.2, -0.15) is 0 Å². The number of rotatable bonds is 2. The van der Waals surface area contributed by atoms with Crippen molar-refractivity contribution in [2.24, 2.45) is 7.05 Å². The smallest absolute Gasteiger partial charge is 0.352 e. The lowest BCUT2D eigenvalue weighted by Gasteiger charge is -2.19. The maximum Gasteiger partial charge on any atom is 0.352 e. The Hall–Kier alpha value is -1.77. The quantitative estimate of drug-likeness (QED) is 0.892. The number of aromatic nitrogens is 1. The molecule has 0 saturated heterocycles. The van der Waals surface area contributed by atoms with E-state index in [9.17, 15) is 9.90 Å². The van der Waals surface area contributed by atoms with Crippen molar-refractivity contribution in [3.8, 4) is 0 Å². The van der Waals surface area contributed by atoms with Crippen LogP contribution in [0.25, 0.3) is 10.9 Å². The zero-order valence-electron chi connectivity index (χ0n) is 12.2. The molecule has 0 unspecified atom stereocenters. The molecule has 2 rings (SSSR count). The Morgan fingerprint density at radius 2 is 1.95 bits per heavy atom. The molecule has 0 atom stereocenters. The van der Waals surface area contributed by atoms with Crippen LogP contribution in [0, 0.1) is 0 Å². The molecule has 1 N–H and O–H groups in total. The van der Waals surface area contributed by atoms with Crippen LogP contribution in [0.5, 0.6) is 0 Å².